The van der Waals surface area contributed by atoms with Crippen molar-refractivity contribution < 1.29 is 9.84 Å². The molecule has 1 unspecified atom stereocenters. The number of hydrogen-bond acceptors (Lipinski definition) is 3. The third-order valence-corrected chi connectivity index (χ3v) is 4.17. The Morgan fingerprint density at radius 2 is 1.94 bits per heavy atom. The molecule has 3 heteroatoms. The van der Waals surface area contributed by atoms with Crippen LogP contribution in [0.5, 0.6) is 0 Å². The van der Waals surface area contributed by atoms with E-state index in [-0.39, 0.29) is 6.10 Å². The van der Waals surface area contributed by atoms with Gasteiger partial charge in [0.1, 0.15) is 0 Å². The van der Waals surface area contributed by atoms with Crippen molar-refractivity contribution in [1.82, 2.24) is 4.90 Å². The van der Waals surface area contributed by atoms with Crippen LogP contribution in [0.25, 0.3) is 0 Å². The first-order valence-corrected chi connectivity index (χ1v) is 7.20. The number of aliphatic hydroxyl groups is 1. The predicted molar refractivity (Wildman–Crippen MR) is 69.1 cm³/mol. The normalized spacial score (nSPS) is 23.5. The Kier molecular flexibility index (Phi) is 5.26. The summed E-state index contributed by atoms with van der Waals surface area (Å²) in [6, 6.07) is 0.725. The van der Waals surface area contributed by atoms with E-state index < -0.39 is 0 Å². The smallest absolute Gasteiger partial charge is 0.0669 e. The van der Waals surface area contributed by atoms with Gasteiger partial charge in [0.15, 0.2) is 0 Å². The van der Waals surface area contributed by atoms with Crippen LogP contribution in [0.1, 0.15) is 44.9 Å². The Hall–Kier alpha value is -0.120. The van der Waals surface area contributed by atoms with Gasteiger partial charge in [0, 0.05) is 26.2 Å². The first-order valence-electron chi connectivity index (χ1n) is 7.20. The van der Waals surface area contributed by atoms with Crippen LogP contribution in [-0.4, -0.2) is 49.0 Å². The van der Waals surface area contributed by atoms with Gasteiger partial charge in [-0.2, -0.15) is 0 Å². The maximum Gasteiger partial charge on any atom is 0.0669 e. The molecule has 2 fully saturated rings. The molecule has 2 aliphatic carbocycles. The molecule has 0 heterocycles. The van der Waals surface area contributed by atoms with E-state index in [0.717, 1.165) is 38.1 Å². The molecule has 0 aromatic carbocycles. The SMILES string of the molecule is COCCN(CC(O)CC1CCCC1)C1CC1. The molecule has 0 spiro atoms. The highest BCUT2D eigenvalue weighted by atomic mass is 16.5. The molecule has 0 radical (unpaired) electrons. The zero-order valence-corrected chi connectivity index (χ0v) is 11.1. The third kappa shape index (κ3) is 4.57. The first kappa shape index (κ1) is 13.3. The zero-order chi connectivity index (χ0) is 12.1. The highest BCUT2D eigenvalue weighted by Crippen LogP contribution is 2.30. The van der Waals surface area contributed by atoms with E-state index in [1.807, 2.05) is 0 Å². The van der Waals surface area contributed by atoms with Crippen molar-refractivity contribution in [3.63, 3.8) is 0 Å². The van der Waals surface area contributed by atoms with Crippen molar-refractivity contribution in [2.24, 2.45) is 5.92 Å². The Morgan fingerprint density at radius 1 is 1.24 bits per heavy atom. The van der Waals surface area contributed by atoms with Gasteiger partial charge < -0.3 is 9.84 Å². The maximum absolute atomic E-state index is 10.2. The van der Waals surface area contributed by atoms with Crippen molar-refractivity contribution in [2.75, 3.05) is 26.8 Å². The molecule has 2 aliphatic rings. The number of ether oxygens (including phenoxy) is 1. The lowest BCUT2D eigenvalue weighted by molar-refractivity contribution is 0.0706. The van der Waals surface area contributed by atoms with Crippen molar-refractivity contribution in [3.8, 4) is 0 Å². The summed E-state index contributed by atoms with van der Waals surface area (Å²) in [5.41, 5.74) is 0. The lowest BCUT2D eigenvalue weighted by Gasteiger charge is -2.25. The van der Waals surface area contributed by atoms with Gasteiger partial charge in [0.05, 0.1) is 12.7 Å². The Balaban J connectivity index is 1.68. The van der Waals surface area contributed by atoms with Crippen molar-refractivity contribution in [2.45, 2.75) is 57.1 Å². The van der Waals surface area contributed by atoms with Crippen molar-refractivity contribution in [3.05, 3.63) is 0 Å². The molecular weight excluding hydrogens is 214 g/mol. The summed E-state index contributed by atoms with van der Waals surface area (Å²) < 4.78 is 5.14. The van der Waals surface area contributed by atoms with E-state index in [1.165, 1.54) is 38.5 Å². The fourth-order valence-electron chi connectivity index (χ4n) is 3.05. The summed E-state index contributed by atoms with van der Waals surface area (Å²) in [7, 11) is 1.75. The van der Waals surface area contributed by atoms with Gasteiger partial charge in [-0.15, -0.1) is 0 Å². The topological polar surface area (TPSA) is 32.7 Å². The van der Waals surface area contributed by atoms with Crippen LogP contribution in [0.3, 0.4) is 0 Å². The minimum atomic E-state index is -0.129. The van der Waals surface area contributed by atoms with E-state index in [0.29, 0.717) is 0 Å². The molecule has 0 saturated heterocycles. The average Bonchev–Trinajstić information content (AvgIpc) is 3.04. The monoisotopic (exact) mass is 241 g/mol. The van der Waals surface area contributed by atoms with Crippen molar-refractivity contribution in [1.29, 1.82) is 0 Å². The van der Waals surface area contributed by atoms with Gasteiger partial charge in [-0.25, -0.2) is 0 Å². The van der Waals surface area contributed by atoms with Crippen molar-refractivity contribution >= 4 is 0 Å². The van der Waals surface area contributed by atoms with E-state index in [4.69, 9.17) is 4.74 Å². The van der Waals surface area contributed by atoms with E-state index in [1.54, 1.807) is 7.11 Å². The van der Waals surface area contributed by atoms with Gasteiger partial charge in [-0.1, -0.05) is 25.7 Å². The van der Waals surface area contributed by atoms with Crippen LogP contribution in [-0.2, 0) is 4.74 Å². The molecule has 0 aliphatic heterocycles. The van der Waals surface area contributed by atoms with E-state index >= 15 is 0 Å². The summed E-state index contributed by atoms with van der Waals surface area (Å²) in [4.78, 5) is 2.42. The lowest BCUT2D eigenvalue weighted by atomic mass is 10.00. The largest absolute Gasteiger partial charge is 0.392 e. The minimum Gasteiger partial charge on any atom is -0.392 e. The summed E-state index contributed by atoms with van der Waals surface area (Å²) in [6.07, 6.45) is 8.89. The highest BCUT2D eigenvalue weighted by molar-refractivity contribution is 4.86. The molecule has 0 aromatic heterocycles. The third-order valence-electron chi connectivity index (χ3n) is 4.17. The van der Waals surface area contributed by atoms with E-state index in [9.17, 15) is 5.11 Å². The Morgan fingerprint density at radius 3 is 2.53 bits per heavy atom. The molecule has 2 saturated carbocycles. The van der Waals surface area contributed by atoms with Gasteiger partial charge in [0.2, 0.25) is 0 Å². The summed E-state index contributed by atoms with van der Waals surface area (Å²) >= 11 is 0. The second kappa shape index (κ2) is 6.72. The molecule has 3 nitrogen and oxygen atoms in total. The number of rotatable bonds is 8. The molecule has 1 N–H and O–H groups in total. The summed E-state index contributed by atoms with van der Waals surface area (Å²) in [5, 5.41) is 10.2. The van der Waals surface area contributed by atoms with Crippen LogP contribution in [0.15, 0.2) is 0 Å². The summed E-state index contributed by atoms with van der Waals surface area (Å²) in [6.45, 7) is 2.61. The Labute approximate surface area is 105 Å². The van der Waals surface area contributed by atoms with Gasteiger partial charge in [-0.05, 0) is 25.2 Å². The molecule has 100 valence electrons. The standard InChI is InChI=1S/C14H27NO2/c1-17-9-8-15(13-6-7-13)11-14(16)10-12-4-2-3-5-12/h12-14,16H,2-11H2,1H3. The van der Waals surface area contributed by atoms with Gasteiger partial charge >= 0.3 is 0 Å². The van der Waals surface area contributed by atoms with Gasteiger partial charge in [-0.3, -0.25) is 4.90 Å². The molecular formula is C14H27NO2. The van der Waals surface area contributed by atoms with E-state index in [2.05, 4.69) is 4.90 Å². The predicted octanol–water partition coefficient (Wildman–Crippen LogP) is 2.04. The number of methoxy groups -OCH3 is 1. The number of hydrogen-bond donors (Lipinski definition) is 1. The molecule has 0 bridgehead atoms. The molecule has 1 atom stereocenters. The fourth-order valence-corrected chi connectivity index (χ4v) is 3.05. The fraction of sp³-hybridized carbons (Fsp3) is 1.00. The van der Waals surface area contributed by atoms with Crippen LogP contribution in [0.4, 0.5) is 0 Å². The number of nitrogens with zero attached hydrogens (tertiary/aromatic N) is 1. The van der Waals surface area contributed by atoms with Crippen LogP contribution in [0, 0.1) is 5.92 Å². The Bertz CT molecular complexity index is 212. The van der Waals surface area contributed by atoms with Crippen LogP contribution < -0.4 is 0 Å². The van der Waals surface area contributed by atoms with Crippen LogP contribution >= 0.6 is 0 Å². The quantitative estimate of drug-likeness (QED) is 0.706. The molecule has 17 heavy (non-hydrogen) atoms. The lowest BCUT2D eigenvalue weighted by Crippen LogP contribution is -2.37. The molecule has 0 aromatic rings. The zero-order valence-electron chi connectivity index (χ0n) is 11.1. The first-order chi connectivity index (χ1) is 8.29. The number of aliphatic hydroxyl groups excluding tert-OH is 1. The van der Waals surface area contributed by atoms with Crippen LogP contribution in [0.2, 0.25) is 0 Å². The molecule has 0 amide bonds. The second-order valence-electron chi connectivity index (χ2n) is 5.76. The summed E-state index contributed by atoms with van der Waals surface area (Å²) in [5.74, 6) is 0.786. The highest BCUT2D eigenvalue weighted by Gasteiger charge is 2.30. The second-order valence-corrected chi connectivity index (χ2v) is 5.76. The molecule has 2 rings (SSSR count). The average molecular weight is 241 g/mol. The maximum atomic E-state index is 10.2. The van der Waals surface area contributed by atoms with Gasteiger partial charge in [0.25, 0.3) is 0 Å². The minimum absolute atomic E-state index is 0.129.